The number of aromatic hydroxyl groups is 1. The lowest BCUT2D eigenvalue weighted by molar-refractivity contribution is -0.142. The Balaban J connectivity index is 1.26. The lowest BCUT2D eigenvalue weighted by Crippen LogP contribution is -2.65. The summed E-state index contributed by atoms with van der Waals surface area (Å²) in [7, 11) is 0. The quantitative estimate of drug-likeness (QED) is 0.171. The Morgan fingerprint density at radius 2 is 1.54 bits per heavy atom. The molecule has 0 aromatic heterocycles. The highest BCUT2D eigenvalue weighted by Crippen LogP contribution is 2.62. The number of aliphatic carboxylic acids is 1. The van der Waals surface area contributed by atoms with Crippen LogP contribution >= 0.6 is 11.8 Å². The van der Waals surface area contributed by atoms with Crippen molar-refractivity contribution in [3.8, 4) is 5.75 Å². The van der Waals surface area contributed by atoms with Crippen LogP contribution in [0.15, 0.2) is 54.6 Å². The summed E-state index contributed by atoms with van der Waals surface area (Å²) in [5.74, 6) is -0.510. The van der Waals surface area contributed by atoms with Gasteiger partial charge in [0.15, 0.2) is 0 Å². The maximum absolute atomic E-state index is 13.8. The first kappa shape index (κ1) is 33.8. The van der Waals surface area contributed by atoms with E-state index < -0.39 is 35.5 Å². The Labute approximate surface area is 274 Å². The highest BCUT2D eigenvalue weighted by Gasteiger charge is 2.58. The number of carboxylic acids is 1. The third-order valence-corrected chi connectivity index (χ3v) is 10.6. The SMILES string of the molecule is CSCC[C@H](NC(=O)[C@H](Cc1ccccc1)NC(=O)CC12C[C@H]3C[C@@H](C1)CC(NC(=O)[C@@H](N)Cc1ccc(O)cc1)(C3)C2)C(=O)O. The second kappa shape index (κ2) is 14.5. The number of carbonyl (C=O) groups excluding carboxylic acids is 3. The second-order valence-electron chi connectivity index (χ2n) is 13.9. The number of hydrogen-bond donors (Lipinski definition) is 6. The molecule has 0 saturated heterocycles. The van der Waals surface area contributed by atoms with Crippen LogP contribution in [0.25, 0.3) is 0 Å². The number of amides is 3. The summed E-state index contributed by atoms with van der Waals surface area (Å²) in [5.41, 5.74) is 7.36. The lowest BCUT2D eigenvalue weighted by Gasteiger charge is -2.62. The molecule has 7 N–H and O–H groups in total. The topological polar surface area (TPSA) is 171 Å². The first-order valence-corrected chi connectivity index (χ1v) is 17.6. The summed E-state index contributed by atoms with van der Waals surface area (Å²) in [6, 6.07) is 13.4. The second-order valence-corrected chi connectivity index (χ2v) is 14.9. The molecule has 0 spiro atoms. The lowest BCUT2D eigenvalue weighted by atomic mass is 9.46. The average molecular weight is 651 g/mol. The predicted octanol–water partition coefficient (Wildman–Crippen LogP) is 3.16. The fourth-order valence-corrected chi connectivity index (χ4v) is 9.02. The number of carbonyl (C=O) groups is 4. The fraction of sp³-hybridized carbons (Fsp3) is 0.543. The summed E-state index contributed by atoms with van der Waals surface area (Å²) in [6.45, 7) is 0. The van der Waals surface area contributed by atoms with Gasteiger partial charge in [-0.05, 0) is 104 Å². The fourth-order valence-electron chi connectivity index (χ4n) is 8.55. The van der Waals surface area contributed by atoms with Crippen LogP contribution in [0.5, 0.6) is 5.75 Å². The minimum absolute atomic E-state index is 0.160. The van der Waals surface area contributed by atoms with Gasteiger partial charge in [-0.3, -0.25) is 14.4 Å². The maximum Gasteiger partial charge on any atom is 0.326 e. The summed E-state index contributed by atoms with van der Waals surface area (Å²) >= 11 is 1.51. The summed E-state index contributed by atoms with van der Waals surface area (Å²) in [4.78, 5) is 52.4. The molecule has 248 valence electrons. The van der Waals surface area contributed by atoms with Crippen molar-refractivity contribution in [2.24, 2.45) is 23.0 Å². The van der Waals surface area contributed by atoms with Gasteiger partial charge < -0.3 is 31.9 Å². The molecule has 10 nitrogen and oxygen atoms in total. The van der Waals surface area contributed by atoms with E-state index in [0.717, 1.165) is 43.2 Å². The summed E-state index contributed by atoms with van der Waals surface area (Å²) in [6.07, 6.45) is 8.32. The molecule has 46 heavy (non-hydrogen) atoms. The molecule has 4 aliphatic rings. The monoisotopic (exact) mass is 650 g/mol. The van der Waals surface area contributed by atoms with Gasteiger partial charge >= 0.3 is 5.97 Å². The molecule has 7 atom stereocenters. The van der Waals surface area contributed by atoms with Crippen LogP contribution in [0.1, 0.15) is 62.5 Å². The van der Waals surface area contributed by atoms with E-state index in [0.29, 0.717) is 30.4 Å². The normalized spacial score (nSPS) is 26.5. The number of nitrogens with two attached hydrogens (primary N) is 1. The van der Waals surface area contributed by atoms with Gasteiger partial charge in [0.1, 0.15) is 17.8 Å². The number of hydrogen-bond acceptors (Lipinski definition) is 7. The van der Waals surface area contributed by atoms with Crippen LogP contribution in [-0.2, 0) is 32.0 Å². The molecule has 6 rings (SSSR count). The van der Waals surface area contributed by atoms with Gasteiger partial charge in [-0.25, -0.2) is 4.79 Å². The third kappa shape index (κ3) is 8.41. The summed E-state index contributed by atoms with van der Waals surface area (Å²) in [5, 5.41) is 28.2. The molecule has 0 aliphatic heterocycles. The van der Waals surface area contributed by atoms with Crippen LogP contribution < -0.4 is 21.7 Å². The first-order chi connectivity index (χ1) is 22.0. The Kier molecular flexibility index (Phi) is 10.6. The van der Waals surface area contributed by atoms with Gasteiger partial charge in [-0.1, -0.05) is 42.5 Å². The van der Waals surface area contributed by atoms with Crippen LogP contribution in [0.3, 0.4) is 0 Å². The standard InChI is InChI=1S/C35H46N4O6S/c1-46-12-11-28(33(44)45)38-32(43)29(15-22-5-3-2-4-6-22)37-30(41)20-34-16-24-13-25(17-34)19-35(18-24,21-34)39-31(42)27(36)14-23-7-9-26(40)10-8-23/h2-10,24-25,27-29,40H,11-21,36H2,1H3,(H,37,41)(H,38,43)(H,39,42)(H,44,45)/t24-,25+,27-,28-,29-,34?,35?/m0/s1. The molecule has 4 aliphatic carbocycles. The first-order valence-electron chi connectivity index (χ1n) is 16.2. The van der Waals surface area contributed by atoms with E-state index in [-0.39, 0.29) is 42.2 Å². The molecule has 4 saturated carbocycles. The largest absolute Gasteiger partial charge is 0.508 e. The molecule has 4 fully saturated rings. The zero-order chi connectivity index (χ0) is 32.9. The smallest absolute Gasteiger partial charge is 0.326 e. The van der Waals surface area contributed by atoms with Gasteiger partial charge in [-0.15, -0.1) is 0 Å². The molecule has 3 amide bonds. The van der Waals surface area contributed by atoms with Crippen LogP contribution in [0.2, 0.25) is 0 Å². The Bertz CT molecular complexity index is 1390. The molecular weight excluding hydrogens is 604 g/mol. The van der Waals surface area contributed by atoms with Crippen LogP contribution in [0.4, 0.5) is 0 Å². The molecule has 11 heteroatoms. The number of rotatable bonds is 15. The number of carboxylic acid groups (broad SMARTS) is 1. The number of benzene rings is 2. The third-order valence-electron chi connectivity index (χ3n) is 9.99. The molecule has 0 radical (unpaired) electrons. The molecule has 2 aromatic carbocycles. The highest BCUT2D eigenvalue weighted by molar-refractivity contribution is 7.98. The van der Waals surface area contributed by atoms with E-state index >= 15 is 0 Å². The minimum Gasteiger partial charge on any atom is -0.508 e. The van der Waals surface area contributed by atoms with E-state index in [1.807, 2.05) is 36.6 Å². The maximum atomic E-state index is 13.8. The number of phenols is 1. The van der Waals surface area contributed by atoms with Crippen molar-refractivity contribution in [2.75, 3.05) is 12.0 Å². The number of nitrogens with one attached hydrogen (secondary N) is 3. The molecule has 0 heterocycles. The van der Waals surface area contributed by atoms with E-state index in [1.54, 1.807) is 24.3 Å². The van der Waals surface area contributed by atoms with Crippen molar-refractivity contribution in [3.05, 3.63) is 65.7 Å². The van der Waals surface area contributed by atoms with Crippen molar-refractivity contribution < 1.29 is 29.4 Å². The molecular formula is C35H46N4O6S. The van der Waals surface area contributed by atoms with Crippen molar-refractivity contribution >= 4 is 35.5 Å². The van der Waals surface area contributed by atoms with Gasteiger partial charge in [0.25, 0.3) is 0 Å². The van der Waals surface area contributed by atoms with Crippen molar-refractivity contribution in [3.63, 3.8) is 0 Å². The predicted molar refractivity (Wildman–Crippen MR) is 177 cm³/mol. The van der Waals surface area contributed by atoms with E-state index in [1.165, 1.54) is 11.8 Å². The van der Waals surface area contributed by atoms with Gasteiger partial charge in [-0.2, -0.15) is 11.8 Å². The van der Waals surface area contributed by atoms with Crippen molar-refractivity contribution in [1.29, 1.82) is 0 Å². The minimum atomic E-state index is -1.10. The van der Waals surface area contributed by atoms with E-state index in [9.17, 15) is 29.4 Å². The average Bonchev–Trinajstić information content (AvgIpc) is 2.99. The van der Waals surface area contributed by atoms with E-state index in [2.05, 4.69) is 16.0 Å². The molecule has 2 unspecified atom stereocenters. The van der Waals surface area contributed by atoms with Gasteiger partial charge in [0, 0.05) is 18.4 Å². The molecule has 2 aromatic rings. The van der Waals surface area contributed by atoms with Crippen molar-refractivity contribution in [2.45, 2.75) is 87.9 Å². The highest BCUT2D eigenvalue weighted by atomic mass is 32.2. The van der Waals surface area contributed by atoms with Crippen molar-refractivity contribution in [1.82, 2.24) is 16.0 Å². The van der Waals surface area contributed by atoms with Gasteiger partial charge in [0.2, 0.25) is 17.7 Å². The zero-order valence-corrected chi connectivity index (χ0v) is 27.2. The Morgan fingerprint density at radius 1 is 0.891 bits per heavy atom. The zero-order valence-electron chi connectivity index (χ0n) is 26.4. The van der Waals surface area contributed by atoms with E-state index in [4.69, 9.17) is 5.73 Å². The Morgan fingerprint density at radius 3 is 2.17 bits per heavy atom. The Hall–Kier alpha value is -3.57. The summed E-state index contributed by atoms with van der Waals surface area (Å²) < 4.78 is 0. The number of thioether (sulfide) groups is 1. The number of phenolic OH excluding ortho intramolecular Hbond substituents is 1. The van der Waals surface area contributed by atoms with Gasteiger partial charge in [0.05, 0.1) is 6.04 Å². The van der Waals surface area contributed by atoms with Crippen LogP contribution in [-0.4, -0.2) is 69.6 Å². The van der Waals surface area contributed by atoms with Crippen LogP contribution in [0, 0.1) is 17.3 Å². The molecule has 4 bridgehead atoms.